The average molecular weight is 255 g/mol. The number of piperidine rings is 1. The van der Waals surface area contributed by atoms with Crippen LogP contribution in [-0.2, 0) is 9.53 Å². The molecule has 2 aliphatic heterocycles. The fourth-order valence-corrected chi connectivity index (χ4v) is 2.58. The zero-order valence-electron chi connectivity index (χ0n) is 11.1. The second kappa shape index (κ2) is 7.71. The van der Waals surface area contributed by atoms with E-state index in [2.05, 4.69) is 15.5 Å². The Morgan fingerprint density at radius 1 is 1.33 bits per heavy atom. The van der Waals surface area contributed by atoms with E-state index in [0.29, 0.717) is 13.0 Å². The van der Waals surface area contributed by atoms with Gasteiger partial charge in [0.2, 0.25) is 5.91 Å². The van der Waals surface area contributed by atoms with Gasteiger partial charge in [0, 0.05) is 32.1 Å². The van der Waals surface area contributed by atoms with Crippen molar-refractivity contribution in [1.82, 2.24) is 15.5 Å². The number of nitrogens with one attached hydrogen (secondary N) is 2. The first kappa shape index (κ1) is 13.8. The van der Waals surface area contributed by atoms with Crippen molar-refractivity contribution in [3.05, 3.63) is 0 Å². The van der Waals surface area contributed by atoms with Crippen molar-refractivity contribution in [3.63, 3.8) is 0 Å². The third-order valence-electron chi connectivity index (χ3n) is 3.63. The summed E-state index contributed by atoms with van der Waals surface area (Å²) in [7, 11) is 0. The molecule has 1 unspecified atom stereocenters. The topological polar surface area (TPSA) is 53.6 Å². The Hall–Kier alpha value is -0.650. The molecule has 2 aliphatic rings. The lowest BCUT2D eigenvalue weighted by Crippen LogP contribution is -2.45. The smallest absolute Gasteiger partial charge is 0.221 e. The van der Waals surface area contributed by atoms with Gasteiger partial charge in [-0.1, -0.05) is 6.42 Å². The summed E-state index contributed by atoms with van der Waals surface area (Å²) in [6.45, 7) is 6.40. The van der Waals surface area contributed by atoms with E-state index < -0.39 is 0 Å². The molecule has 2 N–H and O–H groups in total. The van der Waals surface area contributed by atoms with E-state index in [-0.39, 0.29) is 11.9 Å². The predicted molar refractivity (Wildman–Crippen MR) is 70.5 cm³/mol. The number of carbonyl (C=O) groups excluding carboxylic acids is 1. The van der Waals surface area contributed by atoms with Gasteiger partial charge in [0.1, 0.15) is 0 Å². The van der Waals surface area contributed by atoms with E-state index in [9.17, 15) is 4.79 Å². The molecule has 2 fully saturated rings. The van der Waals surface area contributed by atoms with Crippen molar-refractivity contribution >= 4 is 5.91 Å². The molecule has 0 spiro atoms. The molecule has 0 aliphatic carbocycles. The van der Waals surface area contributed by atoms with Gasteiger partial charge >= 0.3 is 0 Å². The summed E-state index contributed by atoms with van der Waals surface area (Å²) in [5.74, 6) is 0.134. The monoisotopic (exact) mass is 255 g/mol. The first-order valence-electron chi connectivity index (χ1n) is 7.15. The molecule has 5 nitrogen and oxygen atoms in total. The van der Waals surface area contributed by atoms with Crippen molar-refractivity contribution in [1.29, 1.82) is 0 Å². The summed E-state index contributed by atoms with van der Waals surface area (Å²) >= 11 is 0. The van der Waals surface area contributed by atoms with Gasteiger partial charge in [0.05, 0.1) is 13.2 Å². The lowest BCUT2D eigenvalue weighted by atomic mass is 10.1. The lowest BCUT2D eigenvalue weighted by molar-refractivity contribution is -0.122. The van der Waals surface area contributed by atoms with Crippen LogP contribution in [0.3, 0.4) is 0 Å². The summed E-state index contributed by atoms with van der Waals surface area (Å²) in [6, 6.07) is 0.189. The highest BCUT2D eigenvalue weighted by Crippen LogP contribution is 2.07. The Bertz CT molecular complexity index is 249. The number of carbonyl (C=O) groups is 1. The van der Waals surface area contributed by atoms with Crippen LogP contribution in [0.15, 0.2) is 0 Å². The maximum Gasteiger partial charge on any atom is 0.221 e. The van der Waals surface area contributed by atoms with Crippen LogP contribution >= 0.6 is 0 Å². The highest BCUT2D eigenvalue weighted by molar-refractivity contribution is 5.76. The number of hydrogen-bond acceptors (Lipinski definition) is 4. The van der Waals surface area contributed by atoms with Gasteiger partial charge < -0.3 is 20.3 Å². The van der Waals surface area contributed by atoms with Crippen LogP contribution in [0.25, 0.3) is 0 Å². The third kappa shape index (κ3) is 4.92. The molecule has 0 saturated carbocycles. The minimum absolute atomic E-state index is 0.134. The second-order valence-corrected chi connectivity index (χ2v) is 5.18. The minimum Gasteiger partial charge on any atom is -0.378 e. The van der Waals surface area contributed by atoms with Gasteiger partial charge in [0.25, 0.3) is 0 Å². The van der Waals surface area contributed by atoms with Crippen LogP contribution in [0.4, 0.5) is 0 Å². The summed E-state index contributed by atoms with van der Waals surface area (Å²) in [5.41, 5.74) is 0. The van der Waals surface area contributed by atoms with Crippen molar-refractivity contribution in [3.8, 4) is 0 Å². The van der Waals surface area contributed by atoms with E-state index in [1.54, 1.807) is 0 Å². The average Bonchev–Trinajstić information content (AvgIpc) is 2.41. The maximum atomic E-state index is 11.7. The molecule has 1 amide bonds. The highest BCUT2D eigenvalue weighted by atomic mass is 16.5. The van der Waals surface area contributed by atoms with Crippen LogP contribution in [0, 0.1) is 0 Å². The molecule has 0 aromatic rings. The normalized spacial score (nSPS) is 25.9. The maximum absolute atomic E-state index is 11.7. The van der Waals surface area contributed by atoms with E-state index in [0.717, 1.165) is 26.2 Å². The first-order valence-corrected chi connectivity index (χ1v) is 7.15. The number of nitrogens with zero attached hydrogens (tertiary/aromatic N) is 1. The van der Waals surface area contributed by atoms with E-state index >= 15 is 0 Å². The lowest BCUT2D eigenvalue weighted by Gasteiger charge is -2.26. The first-order chi connectivity index (χ1) is 8.84. The van der Waals surface area contributed by atoms with Crippen LogP contribution in [0.1, 0.15) is 25.7 Å². The molecule has 104 valence electrons. The molecule has 0 aromatic heterocycles. The van der Waals surface area contributed by atoms with Gasteiger partial charge in [0.15, 0.2) is 0 Å². The Balaban J connectivity index is 1.53. The fraction of sp³-hybridized carbons (Fsp3) is 0.923. The quantitative estimate of drug-likeness (QED) is 0.724. The second-order valence-electron chi connectivity index (χ2n) is 5.18. The SMILES string of the molecule is O=C(CC1COCCN1)NCCN1CCCCC1. The number of hydrogen-bond donors (Lipinski definition) is 2. The Labute approximate surface area is 109 Å². The van der Waals surface area contributed by atoms with Crippen molar-refractivity contribution in [2.45, 2.75) is 31.7 Å². The number of morpholine rings is 1. The van der Waals surface area contributed by atoms with Gasteiger partial charge in [-0.3, -0.25) is 4.79 Å². The highest BCUT2D eigenvalue weighted by Gasteiger charge is 2.16. The van der Waals surface area contributed by atoms with Crippen LogP contribution in [0.2, 0.25) is 0 Å². The van der Waals surface area contributed by atoms with Crippen LogP contribution in [-0.4, -0.2) is 62.8 Å². The molecule has 18 heavy (non-hydrogen) atoms. The van der Waals surface area contributed by atoms with Gasteiger partial charge in [-0.2, -0.15) is 0 Å². The largest absolute Gasteiger partial charge is 0.378 e. The Morgan fingerprint density at radius 3 is 2.89 bits per heavy atom. The van der Waals surface area contributed by atoms with Gasteiger partial charge in [-0.15, -0.1) is 0 Å². The molecule has 0 bridgehead atoms. The standard InChI is InChI=1S/C13H25N3O2/c17-13(10-12-11-18-9-5-14-12)15-4-8-16-6-2-1-3-7-16/h12,14H,1-11H2,(H,15,17). The van der Waals surface area contributed by atoms with Crippen molar-refractivity contribution in [2.24, 2.45) is 0 Å². The van der Waals surface area contributed by atoms with E-state index in [4.69, 9.17) is 4.74 Å². The zero-order chi connectivity index (χ0) is 12.6. The summed E-state index contributed by atoms with van der Waals surface area (Å²) in [5, 5.41) is 6.29. The van der Waals surface area contributed by atoms with Crippen LogP contribution in [0.5, 0.6) is 0 Å². The number of amides is 1. The molecular weight excluding hydrogens is 230 g/mol. The summed E-state index contributed by atoms with van der Waals surface area (Å²) < 4.78 is 5.33. The molecular formula is C13H25N3O2. The zero-order valence-corrected chi connectivity index (χ0v) is 11.1. The predicted octanol–water partition coefficient (Wildman–Crippen LogP) is -0.0330. The summed E-state index contributed by atoms with van der Waals surface area (Å²) in [6.07, 6.45) is 4.49. The number of ether oxygens (including phenoxy) is 1. The third-order valence-corrected chi connectivity index (χ3v) is 3.63. The van der Waals surface area contributed by atoms with Gasteiger partial charge in [-0.05, 0) is 25.9 Å². The van der Waals surface area contributed by atoms with Crippen LogP contribution < -0.4 is 10.6 Å². The van der Waals surface area contributed by atoms with Crippen molar-refractivity contribution < 1.29 is 9.53 Å². The van der Waals surface area contributed by atoms with E-state index in [1.165, 1.54) is 32.4 Å². The molecule has 0 radical (unpaired) electrons. The molecule has 2 saturated heterocycles. The number of likely N-dealkylation sites (tertiary alicyclic amines) is 1. The van der Waals surface area contributed by atoms with Gasteiger partial charge in [-0.25, -0.2) is 0 Å². The number of rotatable bonds is 5. The summed E-state index contributed by atoms with van der Waals surface area (Å²) in [4.78, 5) is 14.2. The molecule has 2 heterocycles. The molecule has 5 heteroatoms. The molecule has 0 aromatic carbocycles. The fourth-order valence-electron chi connectivity index (χ4n) is 2.58. The van der Waals surface area contributed by atoms with E-state index in [1.807, 2.05) is 0 Å². The van der Waals surface area contributed by atoms with Crippen molar-refractivity contribution in [2.75, 3.05) is 45.9 Å². The molecule has 1 atom stereocenters. The Morgan fingerprint density at radius 2 is 2.17 bits per heavy atom. The minimum atomic E-state index is 0.134. The molecule has 2 rings (SSSR count). The Kier molecular flexibility index (Phi) is 5.90.